The van der Waals surface area contributed by atoms with E-state index >= 15 is 0 Å². The lowest BCUT2D eigenvalue weighted by molar-refractivity contribution is -0.137. The van der Waals surface area contributed by atoms with Crippen LogP contribution in [-0.4, -0.2) is 17.5 Å². The number of alkyl halides is 3. The van der Waals surface area contributed by atoms with Crippen LogP contribution in [0.15, 0.2) is 48.7 Å². The van der Waals surface area contributed by atoms with Crippen LogP contribution in [-0.2, 0) is 17.4 Å². The van der Waals surface area contributed by atoms with E-state index in [1.807, 2.05) is 38.1 Å². The summed E-state index contributed by atoms with van der Waals surface area (Å²) in [6, 6.07) is 10.7. The molecule has 3 aromatic rings. The first-order chi connectivity index (χ1) is 14.6. The van der Waals surface area contributed by atoms with Gasteiger partial charge in [0.25, 0.3) is 5.91 Å². The van der Waals surface area contributed by atoms with Gasteiger partial charge < -0.3 is 4.74 Å². The molecule has 164 valence electrons. The highest BCUT2D eigenvalue weighted by Gasteiger charge is 2.31. The van der Waals surface area contributed by atoms with E-state index in [9.17, 15) is 18.0 Å². The Morgan fingerprint density at radius 1 is 1.23 bits per heavy atom. The Balaban J connectivity index is 1.61. The van der Waals surface area contributed by atoms with Crippen molar-refractivity contribution in [3.63, 3.8) is 0 Å². The number of amides is 1. The molecule has 1 amide bonds. The maximum absolute atomic E-state index is 12.9. The number of para-hydroxylation sites is 1. The lowest BCUT2D eigenvalue weighted by atomic mass is 10.0. The van der Waals surface area contributed by atoms with Crippen LogP contribution in [0, 0.1) is 0 Å². The van der Waals surface area contributed by atoms with Crippen molar-refractivity contribution >= 4 is 34.0 Å². The maximum atomic E-state index is 12.9. The molecular formula is C22H20ClF3N2O2S. The van der Waals surface area contributed by atoms with Crippen LogP contribution in [0.2, 0.25) is 5.02 Å². The molecule has 0 aliphatic heterocycles. The lowest BCUT2D eigenvalue weighted by Crippen LogP contribution is -2.20. The number of nitrogens with zero attached hydrogens (tertiary/aromatic N) is 1. The normalized spacial score (nSPS) is 11.6. The highest BCUT2D eigenvalue weighted by Crippen LogP contribution is 2.33. The summed E-state index contributed by atoms with van der Waals surface area (Å²) in [6.45, 7) is 3.89. The minimum Gasteiger partial charge on any atom is -0.483 e. The first-order valence-electron chi connectivity index (χ1n) is 9.45. The van der Waals surface area contributed by atoms with Gasteiger partial charge >= 0.3 is 6.18 Å². The number of rotatable bonds is 7. The summed E-state index contributed by atoms with van der Waals surface area (Å²) in [6.07, 6.45) is -2.76. The van der Waals surface area contributed by atoms with E-state index in [4.69, 9.17) is 16.3 Å². The quantitative estimate of drug-likeness (QED) is 0.428. The van der Waals surface area contributed by atoms with E-state index in [0.29, 0.717) is 21.3 Å². The van der Waals surface area contributed by atoms with Gasteiger partial charge in [-0.2, -0.15) is 13.2 Å². The van der Waals surface area contributed by atoms with Crippen LogP contribution in [0.5, 0.6) is 5.75 Å². The number of nitrogens with one attached hydrogen (secondary N) is 1. The average Bonchev–Trinajstić information content (AvgIpc) is 3.14. The lowest BCUT2D eigenvalue weighted by Gasteiger charge is -2.13. The van der Waals surface area contributed by atoms with Crippen molar-refractivity contribution in [3.05, 3.63) is 75.3 Å². The molecule has 0 saturated carbocycles. The number of carbonyl (C=O) groups is 1. The van der Waals surface area contributed by atoms with Crippen LogP contribution >= 0.6 is 22.9 Å². The Kier molecular flexibility index (Phi) is 7.23. The number of aromatic nitrogens is 1. The SMILES string of the molecule is CC(C)c1ccccc1OCC(=O)Nc1ncc(Cc2cc(C(F)(F)F)ccc2Cl)s1. The zero-order valence-electron chi connectivity index (χ0n) is 16.8. The van der Waals surface area contributed by atoms with Crippen molar-refractivity contribution in [2.75, 3.05) is 11.9 Å². The van der Waals surface area contributed by atoms with Crippen molar-refractivity contribution in [1.82, 2.24) is 4.98 Å². The second-order valence-electron chi connectivity index (χ2n) is 7.14. The zero-order chi connectivity index (χ0) is 22.6. The summed E-state index contributed by atoms with van der Waals surface area (Å²) in [4.78, 5) is 17.0. The number of hydrogen-bond acceptors (Lipinski definition) is 4. The molecule has 0 radical (unpaired) electrons. The van der Waals surface area contributed by atoms with Gasteiger partial charge in [-0.25, -0.2) is 4.98 Å². The molecule has 0 aliphatic rings. The fourth-order valence-corrected chi connectivity index (χ4v) is 3.94. The predicted octanol–water partition coefficient (Wildman–Crippen LogP) is 6.55. The Bertz CT molecular complexity index is 1070. The Morgan fingerprint density at radius 3 is 2.68 bits per heavy atom. The van der Waals surface area contributed by atoms with Gasteiger partial charge in [-0.05, 0) is 41.3 Å². The van der Waals surface area contributed by atoms with Gasteiger partial charge in [0.15, 0.2) is 11.7 Å². The number of hydrogen-bond donors (Lipinski definition) is 1. The first-order valence-corrected chi connectivity index (χ1v) is 10.6. The molecular weight excluding hydrogens is 449 g/mol. The molecule has 2 aromatic carbocycles. The van der Waals surface area contributed by atoms with E-state index in [0.717, 1.165) is 17.7 Å². The molecule has 0 spiro atoms. The van der Waals surface area contributed by atoms with Crippen LogP contribution < -0.4 is 10.1 Å². The number of halogens is 4. The molecule has 0 aliphatic carbocycles. The summed E-state index contributed by atoms with van der Waals surface area (Å²) < 4.78 is 44.5. The predicted molar refractivity (Wildman–Crippen MR) is 116 cm³/mol. The van der Waals surface area contributed by atoms with Crippen LogP contribution in [0.3, 0.4) is 0 Å². The minimum absolute atomic E-state index is 0.175. The molecule has 0 bridgehead atoms. The van der Waals surface area contributed by atoms with E-state index in [1.54, 1.807) is 0 Å². The molecule has 0 fully saturated rings. The summed E-state index contributed by atoms with van der Waals surface area (Å²) in [5.74, 6) is 0.520. The van der Waals surface area contributed by atoms with E-state index in [2.05, 4.69) is 10.3 Å². The van der Waals surface area contributed by atoms with Gasteiger partial charge in [0.2, 0.25) is 0 Å². The molecule has 0 atom stereocenters. The van der Waals surface area contributed by atoms with Crippen LogP contribution in [0.1, 0.15) is 41.3 Å². The Labute approximate surface area is 187 Å². The van der Waals surface area contributed by atoms with Crippen LogP contribution in [0.25, 0.3) is 0 Å². The van der Waals surface area contributed by atoms with E-state index in [-0.39, 0.29) is 29.9 Å². The smallest absolute Gasteiger partial charge is 0.416 e. The molecule has 1 heterocycles. The first kappa shape index (κ1) is 23.1. The molecule has 1 aromatic heterocycles. The monoisotopic (exact) mass is 468 g/mol. The number of carbonyl (C=O) groups excluding carboxylic acids is 1. The highest BCUT2D eigenvalue weighted by molar-refractivity contribution is 7.15. The van der Waals surface area contributed by atoms with Crippen molar-refractivity contribution < 1.29 is 22.7 Å². The Hall–Kier alpha value is -2.58. The fraction of sp³-hybridized carbons (Fsp3) is 0.273. The molecule has 31 heavy (non-hydrogen) atoms. The molecule has 0 saturated heterocycles. The molecule has 1 N–H and O–H groups in total. The van der Waals surface area contributed by atoms with Crippen LogP contribution in [0.4, 0.5) is 18.3 Å². The summed E-state index contributed by atoms with van der Waals surface area (Å²) in [5, 5.41) is 3.22. The van der Waals surface area contributed by atoms with Gasteiger partial charge in [-0.15, -0.1) is 11.3 Å². The standard InChI is InChI=1S/C22H20ClF3N2O2S/c1-13(2)17-5-3-4-6-19(17)30-12-20(29)28-21-27-11-16(31-21)10-14-9-15(22(24,25)26)7-8-18(14)23/h3-9,11,13H,10,12H2,1-2H3,(H,27,28,29). The van der Waals surface area contributed by atoms with Gasteiger partial charge in [-0.3, -0.25) is 10.1 Å². The number of ether oxygens (including phenoxy) is 1. The topological polar surface area (TPSA) is 51.2 Å². The van der Waals surface area contributed by atoms with Gasteiger partial charge in [0.1, 0.15) is 5.75 Å². The molecule has 4 nitrogen and oxygen atoms in total. The number of anilines is 1. The number of benzene rings is 2. The summed E-state index contributed by atoms with van der Waals surface area (Å²) >= 11 is 7.22. The minimum atomic E-state index is -4.44. The fourth-order valence-electron chi connectivity index (χ4n) is 2.91. The van der Waals surface area contributed by atoms with Gasteiger partial charge in [0, 0.05) is 22.5 Å². The number of thiazole rings is 1. The zero-order valence-corrected chi connectivity index (χ0v) is 18.4. The van der Waals surface area contributed by atoms with Crippen molar-refractivity contribution in [2.24, 2.45) is 0 Å². The molecule has 9 heteroatoms. The summed E-state index contributed by atoms with van der Waals surface area (Å²) in [5.41, 5.74) is 0.584. The van der Waals surface area contributed by atoms with Crippen molar-refractivity contribution in [3.8, 4) is 5.75 Å². The second-order valence-corrected chi connectivity index (χ2v) is 8.66. The maximum Gasteiger partial charge on any atom is 0.416 e. The molecule has 3 rings (SSSR count). The van der Waals surface area contributed by atoms with Crippen molar-refractivity contribution in [2.45, 2.75) is 32.4 Å². The Morgan fingerprint density at radius 2 is 1.97 bits per heavy atom. The van der Waals surface area contributed by atoms with Gasteiger partial charge in [0.05, 0.1) is 5.56 Å². The summed E-state index contributed by atoms with van der Waals surface area (Å²) in [7, 11) is 0. The molecule has 0 unspecified atom stereocenters. The van der Waals surface area contributed by atoms with Gasteiger partial charge in [-0.1, -0.05) is 43.6 Å². The highest BCUT2D eigenvalue weighted by atomic mass is 35.5. The van der Waals surface area contributed by atoms with E-state index in [1.165, 1.54) is 23.6 Å². The van der Waals surface area contributed by atoms with E-state index < -0.39 is 11.7 Å². The third kappa shape index (κ3) is 6.21. The third-order valence-electron chi connectivity index (χ3n) is 4.44. The largest absolute Gasteiger partial charge is 0.483 e. The second kappa shape index (κ2) is 9.70. The van der Waals surface area contributed by atoms with Crippen molar-refractivity contribution in [1.29, 1.82) is 0 Å². The average molecular weight is 469 g/mol. The third-order valence-corrected chi connectivity index (χ3v) is 5.72.